The summed E-state index contributed by atoms with van der Waals surface area (Å²) in [6.45, 7) is 4.02. The van der Waals surface area contributed by atoms with Gasteiger partial charge in [-0.05, 0) is 68.1 Å². The van der Waals surface area contributed by atoms with Gasteiger partial charge in [0.05, 0.1) is 0 Å². The maximum atomic E-state index is 13.0. The molecule has 1 N–H and O–H groups in total. The van der Waals surface area contributed by atoms with E-state index in [0.717, 1.165) is 49.8 Å². The zero-order valence-electron chi connectivity index (χ0n) is 18.3. The maximum Gasteiger partial charge on any atom is 0.355 e. The molecule has 1 saturated carbocycles. The van der Waals surface area contributed by atoms with Gasteiger partial charge < -0.3 is 9.72 Å². The number of hydrogen-bond donors (Lipinski definition) is 1. The standard InChI is InChI=1S/C26H33NO3/c1-3-18-11-13-19(14-12-18)20-15-22-24(23(28)16-20)17(2)25(27-22)26(29)30-21-9-7-5-4-6-8-10-21/h11-14,20-21,27H,3-10,15-16H2,1-2H3/t20-/m0/s1. The smallest absolute Gasteiger partial charge is 0.355 e. The highest BCUT2D eigenvalue weighted by molar-refractivity contribution is 6.03. The summed E-state index contributed by atoms with van der Waals surface area (Å²) in [6, 6.07) is 8.57. The lowest BCUT2D eigenvalue weighted by atomic mass is 9.81. The van der Waals surface area contributed by atoms with Crippen LogP contribution in [0.15, 0.2) is 24.3 Å². The van der Waals surface area contributed by atoms with E-state index in [1.807, 2.05) is 6.92 Å². The largest absolute Gasteiger partial charge is 0.458 e. The molecule has 1 heterocycles. The predicted octanol–water partition coefficient (Wildman–Crippen LogP) is 6.07. The lowest BCUT2D eigenvalue weighted by Crippen LogP contribution is -2.20. The predicted molar refractivity (Wildman–Crippen MR) is 118 cm³/mol. The summed E-state index contributed by atoms with van der Waals surface area (Å²) in [5, 5.41) is 0. The molecule has 0 aliphatic heterocycles. The average Bonchev–Trinajstić information content (AvgIpc) is 3.07. The van der Waals surface area contributed by atoms with Crippen LogP contribution < -0.4 is 0 Å². The van der Waals surface area contributed by atoms with Crippen molar-refractivity contribution in [2.45, 2.75) is 90.1 Å². The Morgan fingerprint density at radius 3 is 2.37 bits per heavy atom. The van der Waals surface area contributed by atoms with Crippen molar-refractivity contribution in [3.8, 4) is 0 Å². The van der Waals surface area contributed by atoms with Crippen LogP contribution in [0.2, 0.25) is 0 Å². The Kier molecular flexibility index (Phi) is 6.40. The Bertz CT molecular complexity index is 901. The molecule has 1 aromatic carbocycles. The normalized spacial score (nSPS) is 20.3. The Balaban J connectivity index is 1.51. The molecule has 1 aromatic heterocycles. The third-order valence-electron chi connectivity index (χ3n) is 6.88. The van der Waals surface area contributed by atoms with Crippen LogP contribution in [-0.2, 0) is 17.6 Å². The van der Waals surface area contributed by atoms with Crippen molar-refractivity contribution in [2.75, 3.05) is 0 Å². The van der Waals surface area contributed by atoms with Crippen LogP contribution in [0.5, 0.6) is 0 Å². The molecule has 1 fully saturated rings. The Hall–Kier alpha value is -2.36. The topological polar surface area (TPSA) is 59.2 Å². The first-order valence-corrected chi connectivity index (χ1v) is 11.6. The molecule has 30 heavy (non-hydrogen) atoms. The molecule has 2 aliphatic rings. The lowest BCUT2D eigenvalue weighted by molar-refractivity contribution is 0.0232. The quantitative estimate of drug-likeness (QED) is 0.626. The minimum absolute atomic E-state index is 0.00180. The molecular formula is C26H33NO3. The molecule has 160 valence electrons. The SMILES string of the molecule is CCc1ccc([C@@H]2CC(=O)c3c([nH]c(C(=O)OC4CCCCCCC4)c3C)C2)cc1. The number of ketones is 1. The minimum Gasteiger partial charge on any atom is -0.458 e. The number of carbonyl (C=O) groups is 2. The number of benzene rings is 1. The fourth-order valence-electron chi connectivity index (χ4n) is 5.05. The molecule has 4 nitrogen and oxygen atoms in total. The first-order chi connectivity index (χ1) is 14.6. The van der Waals surface area contributed by atoms with E-state index in [2.05, 4.69) is 36.2 Å². The highest BCUT2D eigenvalue weighted by atomic mass is 16.5. The van der Waals surface area contributed by atoms with E-state index >= 15 is 0 Å². The first-order valence-electron chi connectivity index (χ1n) is 11.6. The first kappa shape index (κ1) is 20.9. The van der Waals surface area contributed by atoms with Crippen LogP contribution in [0.25, 0.3) is 0 Å². The zero-order chi connectivity index (χ0) is 21.1. The summed E-state index contributed by atoms with van der Waals surface area (Å²) < 4.78 is 5.86. The monoisotopic (exact) mass is 407 g/mol. The minimum atomic E-state index is -0.302. The third kappa shape index (κ3) is 4.38. The summed E-state index contributed by atoms with van der Waals surface area (Å²) in [6.07, 6.45) is 10.1. The number of aromatic nitrogens is 1. The molecule has 4 heteroatoms. The fraction of sp³-hybridized carbons (Fsp3) is 0.538. The summed E-state index contributed by atoms with van der Waals surface area (Å²) in [7, 11) is 0. The Labute approximate surface area is 179 Å². The van der Waals surface area contributed by atoms with Gasteiger partial charge in [-0.15, -0.1) is 0 Å². The summed E-state index contributed by atoms with van der Waals surface area (Å²) in [5.41, 5.74) is 5.32. The van der Waals surface area contributed by atoms with E-state index in [1.54, 1.807) is 0 Å². The van der Waals surface area contributed by atoms with E-state index in [4.69, 9.17) is 4.74 Å². The van der Waals surface area contributed by atoms with Crippen molar-refractivity contribution in [3.05, 3.63) is 57.9 Å². The molecular weight excluding hydrogens is 374 g/mol. The molecule has 0 bridgehead atoms. The molecule has 2 aliphatic carbocycles. The van der Waals surface area contributed by atoms with Crippen LogP contribution in [0.1, 0.15) is 107 Å². The third-order valence-corrected chi connectivity index (χ3v) is 6.88. The van der Waals surface area contributed by atoms with Gasteiger partial charge in [-0.1, -0.05) is 50.5 Å². The van der Waals surface area contributed by atoms with Crippen LogP contribution in [0, 0.1) is 6.92 Å². The van der Waals surface area contributed by atoms with E-state index in [1.165, 1.54) is 30.4 Å². The van der Waals surface area contributed by atoms with Gasteiger partial charge in [-0.3, -0.25) is 4.79 Å². The Morgan fingerprint density at radius 1 is 1.03 bits per heavy atom. The van der Waals surface area contributed by atoms with Crippen LogP contribution in [-0.4, -0.2) is 22.8 Å². The Morgan fingerprint density at radius 2 is 1.70 bits per heavy atom. The number of aromatic amines is 1. The van der Waals surface area contributed by atoms with Crippen molar-refractivity contribution < 1.29 is 14.3 Å². The number of Topliss-reactive ketones (excluding diaryl/α,β-unsaturated/α-hetero) is 1. The molecule has 0 unspecified atom stereocenters. The number of esters is 1. The van der Waals surface area contributed by atoms with Gasteiger partial charge in [-0.25, -0.2) is 4.79 Å². The molecule has 1 atom stereocenters. The van der Waals surface area contributed by atoms with Crippen molar-refractivity contribution in [2.24, 2.45) is 0 Å². The molecule has 0 saturated heterocycles. The van der Waals surface area contributed by atoms with Gasteiger partial charge in [0.25, 0.3) is 0 Å². The molecule has 0 amide bonds. The number of fused-ring (bicyclic) bond motifs is 1. The van der Waals surface area contributed by atoms with Crippen molar-refractivity contribution in [3.63, 3.8) is 0 Å². The fourth-order valence-corrected chi connectivity index (χ4v) is 5.05. The van der Waals surface area contributed by atoms with E-state index < -0.39 is 0 Å². The molecule has 0 radical (unpaired) electrons. The van der Waals surface area contributed by atoms with Crippen molar-refractivity contribution >= 4 is 11.8 Å². The number of aryl methyl sites for hydroxylation is 1. The van der Waals surface area contributed by atoms with Gasteiger partial charge in [0.1, 0.15) is 11.8 Å². The van der Waals surface area contributed by atoms with Crippen LogP contribution >= 0.6 is 0 Å². The molecule has 2 aromatic rings. The number of ether oxygens (including phenoxy) is 1. The second-order valence-electron chi connectivity index (χ2n) is 8.97. The molecule has 4 rings (SSSR count). The zero-order valence-corrected chi connectivity index (χ0v) is 18.3. The number of rotatable bonds is 4. The van der Waals surface area contributed by atoms with Gasteiger partial charge in [-0.2, -0.15) is 0 Å². The highest BCUT2D eigenvalue weighted by Crippen LogP contribution is 2.35. The van der Waals surface area contributed by atoms with Gasteiger partial charge in [0.15, 0.2) is 5.78 Å². The van der Waals surface area contributed by atoms with Crippen LogP contribution in [0.3, 0.4) is 0 Å². The second-order valence-corrected chi connectivity index (χ2v) is 8.97. The lowest BCUT2D eigenvalue weighted by Gasteiger charge is -2.22. The van der Waals surface area contributed by atoms with E-state index in [-0.39, 0.29) is 23.8 Å². The van der Waals surface area contributed by atoms with Crippen molar-refractivity contribution in [1.82, 2.24) is 4.98 Å². The van der Waals surface area contributed by atoms with Crippen LogP contribution in [0.4, 0.5) is 0 Å². The average molecular weight is 408 g/mol. The maximum absolute atomic E-state index is 13.0. The highest BCUT2D eigenvalue weighted by Gasteiger charge is 2.32. The second kappa shape index (κ2) is 9.20. The summed E-state index contributed by atoms with van der Waals surface area (Å²) in [5.74, 6) is -0.0212. The van der Waals surface area contributed by atoms with Gasteiger partial charge in [0, 0.05) is 17.7 Å². The summed E-state index contributed by atoms with van der Waals surface area (Å²) in [4.78, 5) is 29.1. The number of hydrogen-bond acceptors (Lipinski definition) is 3. The van der Waals surface area contributed by atoms with Gasteiger partial charge in [0.2, 0.25) is 0 Å². The number of carbonyl (C=O) groups excluding carboxylic acids is 2. The van der Waals surface area contributed by atoms with Crippen molar-refractivity contribution in [1.29, 1.82) is 0 Å². The number of H-pyrrole nitrogens is 1. The van der Waals surface area contributed by atoms with E-state index in [9.17, 15) is 9.59 Å². The van der Waals surface area contributed by atoms with E-state index in [0.29, 0.717) is 17.7 Å². The number of nitrogens with one attached hydrogen (secondary N) is 1. The molecule has 0 spiro atoms. The van der Waals surface area contributed by atoms with Gasteiger partial charge >= 0.3 is 5.97 Å². The summed E-state index contributed by atoms with van der Waals surface area (Å²) >= 11 is 0.